The summed E-state index contributed by atoms with van der Waals surface area (Å²) >= 11 is 18.6. The predicted molar refractivity (Wildman–Crippen MR) is 119 cm³/mol. The van der Waals surface area contributed by atoms with E-state index in [0.29, 0.717) is 32.1 Å². The Balaban J connectivity index is 1.71. The molecule has 0 aliphatic carbocycles. The molecule has 7 heteroatoms. The maximum atomic E-state index is 12.3. The highest BCUT2D eigenvalue weighted by Gasteiger charge is 2.27. The molecule has 0 radical (unpaired) electrons. The maximum absolute atomic E-state index is 12.3. The van der Waals surface area contributed by atoms with Gasteiger partial charge in [-0.3, -0.25) is 0 Å². The fraction of sp³-hybridized carbons (Fsp3) is 0.0435. The van der Waals surface area contributed by atoms with Gasteiger partial charge in [0.2, 0.25) is 0 Å². The largest absolute Gasteiger partial charge is 0.487 e. The van der Waals surface area contributed by atoms with Crippen molar-refractivity contribution in [3.63, 3.8) is 0 Å². The highest BCUT2D eigenvalue weighted by molar-refractivity contribution is 6.36. The average Bonchev–Trinajstić information content (AvgIpc) is 3.08. The van der Waals surface area contributed by atoms with Crippen LogP contribution in [0.4, 0.5) is 0 Å². The molecule has 3 aromatic carbocycles. The molecule has 30 heavy (non-hydrogen) atoms. The van der Waals surface area contributed by atoms with Gasteiger partial charge in [-0.2, -0.15) is 0 Å². The lowest BCUT2D eigenvalue weighted by atomic mass is 10.0. The van der Waals surface area contributed by atoms with Crippen LogP contribution in [0, 0.1) is 0 Å². The van der Waals surface area contributed by atoms with Gasteiger partial charge in [-0.1, -0.05) is 82.4 Å². The second kappa shape index (κ2) is 8.92. The fourth-order valence-electron chi connectivity index (χ4n) is 2.99. The molecule has 0 saturated heterocycles. The van der Waals surface area contributed by atoms with Gasteiger partial charge in [-0.05, 0) is 35.9 Å². The molecular formula is C23H14Cl3NO3. The minimum atomic E-state index is -0.564. The van der Waals surface area contributed by atoms with Gasteiger partial charge in [-0.15, -0.1) is 0 Å². The summed E-state index contributed by atoms with van der Waals surface area (Å²) in [7, 11) is 0. The molecule has 4 rings (SSSR count). The van der Waals surface area contributed by atoms with Crippen LogP contribution in [0.25, 0.3) is 6.08 Å². The topological polar surface area (TPSA) is 47.9 Å². The van der Waals surface area contributed by atoms with E-state index in [1.54, 1.807) is 30.3 Å². The van der Waals surface area contributed by atoms with Gasteiger partial charge in [-0.25, -0.2) is 4.79 Å². The number of hydrogen-bond acceptors (Lipinski definition) is 4. The van der Waals surface area contributed by atoms with Crippen LogP contribution in [0.5, 0.6) is 5.75 Å². The van der Waals surface area contributed by atoms with Crippen molar-refractivity contribution in [2.24, 2.45) is 5.16 Å². The second-order valence-electron chi connectivity index (χ2n) is 6.47. The van der Waals surface area contributed by atoms with Crippen molar-refractivity contribution in [2.75, 3.05) is 0 Å². The Morgan fingerprint density at radius 2 is 1.73 bits per heavy atom. The Kier molecular flexibility index (Phi) is 6.09. The van der Waals surface area contributed by atoms with E-state index in [0.717, 1.165) is 11.1 Å². The number of hydrogen-bond donors (Lipinski definition) is 0. The first-order chi connectivity index (χ1) is 14.5. The van der Waals surface area contributed by atoms with Crippen LogP contribution in [0.15, 0.2) is 77.5 Å². The summed E-state index contributed by atoms with van der Waals surface area (Å²) in [6.45, 7) is 0.238. The quantitative estimate of drug-likeness (QED) is 0.321. The third kappa shape index (κ3) is 4.51. The summed E-state index contributed by atoms with van der Waals surface area (Å²) in [6, 6.07) is 19.8. The van der Waals surface area contributed by atoms with Crippen LogP contribution in [-0.4, -0.2) is 11.7 Å². The van der Waals surface area contributed by atoms with Crippen molar-refractivity contribution >= 4 is 52.6 Å². The highest BCUT2D eigenvalue weighted by Crippen LogP contribution is 2.35. The SMILES string of the molecule is O=C1ON=C(c2ccccc2)/C1=C/c1cc(Cl)cc(Cl)c1OCc1cccc(Cl)c1. The van der Waals surface area contributed by atoms with Crippen molar-refractivity contribution in [3.8, 4) is 5.75 Å². The second-order valence-corrected chi connectivity index (χ2v) is 7.75. The molecule has 1 aliphatic rings. The molecule has 1 aliphatic heterocycles. The first kappa shape index (κ1) is 20.5. The third-order valence-electron chi connectivity index (χ3n) is 4.35. The normalized spacial score (nSPS) is 14.6. The number of oxime groups is 1. The van der Waals surface area contributed by atoms with E-state index in [-0.39, 0.29) is 12.2 Å². The Morgan fingerprint density at radius 1 is 0.933 bits per heavy atom. The smallest absolute Gasteiger partial charge is 0.368 e. The van der Waals surface area contributed by atoms with Crippen LogP contribution >= 0.6 is 34.8 Å². The number of rotatable bonds is 5. The van der Waals surface area contributed by atoms with Crippen LogP contribution in [0.2, 0.25) is 15.1 Å². The molecule has 4 nitrogen and oxygen atoms in total. The van der Waals surface area contributed by atoms with Crippen molar-refractivity contribution in [2.45, 2.75) is 6.61 Å². The third-order valence-corrected chi connectivity index (χ3v) is 5.09. The van der Waals surface area contributed by atoms with E-state index >= 15 is 0 Å². The van der Waals surface area contributed by atoms with E-state index in [4.69, 9.17) is 44.4 Å². The molecule has 0 amide bonds. The van der Waals surface area contributed by atoms with E-state index in [2.05, 4.69) is 5.16 Å². The van der Waals surface area contributed by atoms with Crippen LogP contribution in [0.1, 0.15) is 16.7 Å². The molecule has 0 spiro atoms. The maximum Gasteiger partial charge on any atom is 0.368 e. The molecule has 0 saturated carbocycles. The minimum absolute atomic E-state index is 0.238. The average molecular weight is 459 g/mol. The van der Waals surface area contributed by atoms with E-state index in [1.807, 2.05) is 42.5 Å². The molecule has 0 N–H and O–H groups in total. The molecule has 0 aromatic heterocycles. The monoisotopic (exact) mass is 457 g/mol. The number of ether oxygens (including phenoxy) is 1. The molecule has 0 bridgehead atoms. The zero-order valence-corrected chi connectivity index (χ0v) is 17.7. The van der Waals surface area contributed by atoms with E-state index in [9.17, 15) is 4.79 Å². The van der Waals surface area contributed by atoms with Gasteiger partial charge in [0.15, 0.2) is 0 Å². The first-order valence-electron chi connectivity index (χ1n) is 8.94. The molecule has 1 heterocycles. The van der Waals surface area contributed by atoms with E-state index in [1.165, 1.54) is 0 Å². The molecule has 0 fully saturated rings. The summed E-state index contributed by atoms with van der Waals surface area (Å²) < 4.78 is 5.96. The number of carbonyl (C=O) groups is 1. The number of carbonyl (C=O) groups excluding carboxylic acids is 1. The molecule has 0 unspecified atom stereocenters. The summed E-state index contributed by atoms with van der Waals surface area (Å²) in [5.41, 5.74) is 2.87. The molecule has 0 atom stereocenters. The van der Waals surface area contributed by atoms with Gasteiger partial charge in [0.1, 0.15) is 18.1 Å². The fourth-order valence-corrected chi connectivity index (χ4v) is 3.77. The zero-order chi connectivity index (χ0) is 21.1. The summed E-state index contributed by atoms with van der Waals surface area (Å²) in [4.78, 5) is 17.2. The van der Waals surface area contributed by atoms with Crippen LogP contribution < -0.4 is 4.74 Å². The van der Waals surface area contributed by atoms with Gasteiger partial charge in [0.25, 0.3) is 0 Å². The van der Waals surface area contributed by atoms with Crippen LogP contribution in [0.3, 0.4) is 0 Å². The molecular weight excluding hydrogens is 445 g/mol. The standard InChI is InChI=1S/C23H14Cl3NO3/c24-17-8-4-5-14(9-17)13-29-22-16(10-18(25)12-20(22)26)11-19-21(27-30-23(19)28)15-6-2-1-3-7-15/h1-12H,13H2/b19-11-. The summed E-state index contributed by atoms with van der Waals surface area (Å²) in [5, 5.41) is 5.26. The number of halogens is 3. The zero-order valence-electron chi connectivity index (χ0n) is 15.4. The lowest BCUT2D eigenvalue weighted by molar-refractivity contribution is -0.136. The van der Waals surface area contributed by atoms with Crippen molar-refractivity contribution in [3.05, 3.63) is 104 Å². The Hall–Kier alpha value is -2.79. The minimum Gasteiger partial charge on any atom is -0.487 e. The Morgan fingerprint density at radius 3 is 2.50 bits per heavy atom. The Bertz CT molecular complexity index is 1170. The van der Waals surface area contributed by atoms with Crippen LogP contribution in [-0.2, 0) is 16.2 Å². The lowest BCUT2D eigenvalue weighted by Crippen LogP contribution is -2.07. The summed E-state index contributed by atoms with van der Waals surface area (Å²) in [6.07, 6.45) is 1.62. The van der Waals surface area contributed by atoms with E-state index < -0.39 is 5.97 Å². The first-order valence-corrected chi connectivity index (χ1v) is 10.1. The molecule has 150 valence electrons. The van der Waals surface area contributed by atoms with Gasteiger partial charge >= 0.3 is 5.97 Å². The van der Waals surface area contributed by atoms with Crippen molar-refractivity contribution in [1.82, 2.24) is 0 Å². The van der Waals surface area contributed by atoms with Gasteiger partial charge in [0.05, 0.1) is 10.6 Å². The van der Waals surface area contributed by atoms with Crippen molar-refractivity contribution < 1.29 is 14.4 Å². The van der Waals surface area contributed by atoms with Gasteiger partial charge in [0, 0.05) is 21.2 Å². The van der Waals surface area contributed by atoms with Crippen molar-refractivity contribution in [1.29, 1.82) is 0 Å². The highest BCUT2D eigenvalue weighted by atomic mass is 35.5. The number of nitrogens with zero attached hydrogens (tertiary/aromatic N) is 1. The summed E-state index contributed by atoms with van der Waals surface area (Å²) in [5.74, 6) is -0.175. The Labute approximate surface area is 188 Å². The van der Waals surface area contributed by atoms with Gasteiger partial charge < -0.3 is 9.57 Å². The lowest BCUT2D eigenvalue weighted by Gasteiger charge is -2.13. The predicted octanol–water partition coefficient (Wildman–Crippen LogP) is 6.57. The molecule has 3 aromatic rings. The number of benzene rings is 3.